The average Bonchev–Trinajstić information content (AvgIpc) is 2.79. The maximum atomic E-state index is 12.2. The van der Waals surface area contributed by atoms with E-state index in [1.807, 2.05) is 18.2 Å². The van der Waals surface area contributed by atoms with E-state index in [1.54, 1.807) is 54.6 Å². The van der Waals surface area contributed by atoms with Crippen molar-refractivity contribution in [3.05, 3.63) is 88.4 Å². The molecule has 0 aliphatic rings. The maximum Gasteiger partial charge on any atom is 0.271 e. The summed E-state index contributed by atoms with van der Waals surface area (Å²) >= 11 is 3.42. The van der Waals surface area contributed by atoms with Crippen LogP contribution >= 0.6 is 15.9 Å². The first-order valence-electron chi connectivity index (χ1n) is 9.30. The molecular weight excluding hydrogens is 462 g/mol. The largest absolute Gasteiger partial charge is 0.497 e. The summed E-state index contributed by atoms with van der Waals surface area (Å²) in [6.45, 7) is -0.127. The molecule has 0 aliphatic heterocycles. The molecule has 0 saturated carbocycles. The summed E-state index contributed by atoms with van der Waals surface area (Å²) < 4.78 is 11.3. The zero-order valence-electron chi connectivity index (χ0n) is 16.7. The Hall–Kier alpha value is -3.65. The van der Waals surface area contributed by atoms with Gasteiger partial charge in [-0.25, -0.2) is 5.43 Å². The molecule has 3 aromatic carbocycles. The molecule has 0 heterocycles. The summed E-state index contributed by atoms with van der Waals surface area (Å²) in [7, 11) is 1.54. The topological polar surface area (TPSA) is 89.0 Å². The number of rotatable bonds is 8. The molecular formula is C23H20BrN3O4. The SMILES string of the molecule is COc1cccc(C(=O)N/N=C/c2ccc(OCC(=O)Nc3ccccc3)c(Br)c2)c1. The van der Waals surface area contributed by atoms with Crippen molar-refractivity contribution in [2.75, 3.05) is 19.0 Å². The molecule has 3 rings (SSSR count). The lowest BCUT2D eigenvalue weighted by atomic mass is 10.2. The number of hydrazone groups is 1. The molecule has 2 N–H and O–H groups in total. The van der Waals surface area contributed by atoms with E-state index in [-0.39, 0.29) is 18.4 Å². The Labute approximate surface area is 188 Å². The molecule has 0 fully saturated rings. The van der Waals surface area contributed by atoms with Gasteiger partial charge < -0.3 is 14.8 Å². The lowest BCUT2D eigenvalue weighted by molar-refractivity contribution is -0.118. The molecule has 7 nitrogen and oxygen atoms in total. The monoisotopic (exact) mass is 481 g/mol. The minimum absolute atomic E-state index is 0.127. The van der Waals surface area contributed by atoms with Gasteiger partial charge in [-0.05, 0) is 70.0 Å². The minimum Gasteiger partial charge on any atom is -0.497 e. The van der Waals surface area contributed by atoms with E-state index in [0.29, 0.717) is 27.2 Å². The van der Waals surface area contributed by atoms with Gasteiger partial charge >= 0.3 is 0 Å². The van der Waals surface area contributed by atoms with Crippen LogP contribution in [0.3, 0.4) is 0 Å². The standard InChI is InChI=1S/C23H20BrN3O4/c1-30-19-9-5-6-17(13-19)23(29)27-25-14-16-10-11-21(20(24)12-16)31-15-22(28)26-18-7-3-2-4-8-18/h2-14H,15H2,1H3,(H,26,28)(H,27,29)/b25-14+. The Bertz CT molecular complexity index is 1090. The van der Waals surface area contributed by atoms with E-state index < -0.39 is 0 Å². The maximum absolute atomic E-state index is 12.2. The highest BCUT2D eigenvalue weighted by molar-refractivity contribution is 9.10. The van der Waals surface area contributed by atoms with Gasteiger partial charge in [0.05, 0.1) is 17.8 Å². The van der Waals surface area contributed by atoms with Crippen molar-refractivity contribution < 1.29 is 19.1 Å². The van der Waals surface area contributed by atoms with Crippen LogP contribution in [0.15, 0.2) is 82.4 Å². The number of para-hydroxylation sites is 1. The van der Waals surface area contributed by atoms with Crippen molar-refractivity contribution in [2.45, 2.75) is 0 Å². The zero-order valence-corrected chi connectivity index (χ0v) is 18.3. The number of methoxy groups -OCH3 is 1. The van der Waals surface area contributed by atoms with Crippen LogP contribution < -0.4 is 20.2 Å². The summed E-state index contributed by atoms with van der Waals surface area (Å²) in [5, 5.41) is 6.73. The third kappa shape index (κ3) is 6.68. The van der Waals surface area contributed by atoms with Gasteiger partial charge in [0.25, 0.3) is 11.8 Å². The fourth-order valence-corrected chi connectivity index (χ4v) is 3.08. The van der Waals surface area contributed by atoms with Crippen LogP contribution in [0.2, 0.25) is 0 Å². The van der Waals surface area contributed by atoms with Crippen LogP contribution in [-0.2, 0) is 4.79 Å². The van der Waals surface area contributed by atoms with Crippen LogP contribution in [0.1, 0.15) is 15.9 Å². The Morgan fingerprint density at radius 1 is 1.03 bits per heavy atom. The van der Waals surface area contributed by atoms with Gasteiger partial charge in [0.2, 0.25) is 0 Å². The van der Waals surface area contributed by atoms with E-state index >= 15 is 0 Å². The van der Waals surface area contributed by atoms with Crippen molar-refractivity contribution in [1.29, 1.82) is 0 Å². The van der Waals surface area contributed by atoms with Crippen LogP contribution in [0.5, 0.6) is 11.5 Å². The Morgan fingerprint density at radius 3 is 2.58 bits per heavy atom. The molecule has 0 aromatic heterocycles. The number of carbonyl (C=O) groups excluding carboxylic acids is 2. The van der Waals surface area contributed by atoms with Crippen LogP contribution in [0, 0.1) is 0 Å². The second-order valence-electron chi connectivity index (χ2n) is 6.32. The first-order chi connectivity index (χ1) is 15.0. The number of ether oxygens (including phenoxy) is 2. The van der Waals surface area contributed by atoms with Crippen molar-refractivity contribution in [3.63, 3.8) is 0 Å². The lowest BCUT2D eigenvalue weighted by Crippen LogP contribution is -2.20. The smallest absolute Gasteiger partial charge is 0.271 e. The third-order valence-electron chi connectivity index (χ3n) is 4.08. The molecule has 0 atom stereocenters. The lowest BCUT2D eigenvalue weighted by Gasteiger charge is -2.09. The van der Waals surface area contributed by atoms with Crippen LogP contribution in [-0.4, -0.2) is 31.7 Å². The highest BCUT2D eigenvalue weighted by Crippen LogP contribution is 2.25. The molecule has 0 radical (unpaired) electrons. The Morgan fingerprint density at radius 2 is 1.84 bits per heavy atom. The van der Waals surface area contributed by atoms with Crippen molar-refractivity contribution in [2.24, 2.45) is 5.10 Å². The van der Waals surface area contributed by atoms with Crippen LogP contribution in [0.25, 0.3) is 0 Å². The Balaban J connectivity index is 1.52. The van der Waals surface area contributed by atoms with E-state index in [0.717, 1.165) is 5.56 Å². The summed E-state index contributed by atoms with van der Waals surface area (Å²) in [6.07, 6.45) is 1.51. The fourth-order valence-electron chi connectivity index (χ4n) is 2.57. The van der Waals surface area contributed by atoms with E-state index in [1.165, 1.54) is 13.3 Å². The predicted molar refractivity (Wildman–Crippen MR) is 123 cm³/mol. The number of nitrogens with one attached hydrogen (secondary N) is 2. The number of anilines is 1. The fraction of sp³-hybridized carbons (Fsp3) is 0.0870. The average molecular weight is 482 g/mol. The van der Waals surface area contributed by atoms with E-state index in [9.17, 15) is 9.59 Å². The first kappa shape index (κ1) is 22.0. The summed E-state index contributed by atoms with van der Waals surface area (Å²) in [4.78, 5) is 24.2. The summed E-state index contributed by atoms with van der Waals surface area (Å²) in [6, 6.07) is 21.2. The third-order valence-corrected chi connectivity index (χ3v) is 4.70. The molecule has 0 saturated heterocycles. The van der Waals surface area contributed by atoms with Gasteiger partial charge in [-0.1, -0.05) is 24.3 Å². The molecule has 3 aromatic rings. The zero-order chi connectivity index (χ0) is 22.1. The number of benzene rings is 3. The van der Waals surface area contributed by atoms with Gasteiger partial charge in [0, 0.05) is 11.3 Å². The highest BCUT2D eigenvalue weighted by Gasteiger charge is 2.08. The van der Waals surface area contributed by atoms with Gasteiger partial charge in [-0.15, -0.1) is 0 Å². The van der Waals surface area contributed by atoms with Gasteiger partial charge in [0.1, 0.15) is 11.5 Å². The Kier molecular flexibility index (Phi) is 7.78. The predicted octanol–water partition coefficient (Wildman–Crippen LogP) is 4.24. The number of carbonyl (C=O) groups is 2. The minimum atomic E-state index is -0.349. The molecule has 0 bridgehead atoms. The van der Waals surface area contributed by atoms with Gasteiger partial charge in [-0.3, -0.25) is 9.59 Å². The van der Waals surface area contributed by atoms with Crippen molar-refractivity contribution in [3.8, 4) is 11.5 Å². The molecule has 158 valence electrons. The van der Waals surface area contributed by atoms with Crippen LogP contribution in [0.4, 0.5) is 5.69 Å². The van der Waals surface area contributed by atoms with Gasteiger partial charge in [-0.2, -0.15) is 5.10 Å². The molecule has 8 heteroatoms. The number of hydrogen-bond donors (Lipinski definition) is 2. The van der Waals surface area contributed by atoms with E-state index in [4.69, 9.17) is 9.47 Å². The molecule has 2 amide bonds. The summed E-state index contributed by atoms with van der Waals surface area (Å²) in [5.41, 5.74) is 4.35. The highest BCUT2D eigenvalue weighted by atomic mass is 79.9. The second kappa shape index (κ2) is 10.9. The molecule has 0 unspecified atom stereocenters. The van der Waals surface area contributed by atoms with Crippen molar-refractivity contribution in [1.82, 2.24) is 5.43 Å². The molecule has 31 heavy (non-hydrogen) atoms. The molecule has 0 spiro atoms. The summed E-state index contributed by atoms with van der Waals surface area (Å²) in [5.74, 6) is 0.497. The first-order valence-corrected chi connectivity index (χ1v) is 10.1. The number of halogens is 1. The van der Waals surface area contributed by atoms with Gasteiger partial charge in [0.15, 0.2) is 6.61 Å². The van der Waals surface area contributed by atoms with Crippen molar-refractivity contribution >= 4 is 39.6 Å². The van der Waals surface area contributed by atoms with E-state index in [2.05, 4.69) is 31.8 Å². The number of nitrogens with zero attached hydrogens (tertiary/aromatic N) is 1. The molecule has 0 aliphatic carbocycles. The second-order valence-corrected chi connectivity index (χ2v) is 7.18. The quantitative estimate of drug-likeness (QED) is 0.372. The normalized spacial score (nSPS) is 10.5. The number of amides is 2. The number of hydrogen-bond acceptors (Lipinski definition) is 5.